The SMILES string of the molecule is CCCc1cc(=O)n(CC(=O)NCCc2ccc(OC)c(OC)c2)c(-n2nc(C)cc2C)n1. The normalized spacial score (nSPS) is 10.8. The summed E-state index contributed by atoms with van der Waals surface area (Å²) in [7, 11) is 3.17. The molecule has 176 valence electrons. The van der Waals surface area contributed by atoms with Crippen molar-refractivity contribution >= 4 is 5.91 Å². The maximum absolute atomic E-state index is 12.9. The lowest BCUT2D eigenvalue weighted by atomic mass is 10.1. The molecule has 1 N–H and O–H groups in total. The van der Waals surface area contributed by atoms with Crippen LogP contribution in [0.4, 0.5) is 0 Å². The molecule has 2 aromatic heterocycles. The molecule has 3 aromatic rings. The van der Waals surface area contributed by atoms with Crippen LogP contribution in [0.5, 0.6) is 11.5 Å². The second kappa shape index (κ2) is 10.8. The van der Waals surface area contributed by atoms with Gasteiger partial charge in [0.1, 0.15) is 6.54 Å². The van der Waals surface area contributed by atoms with Crippen molar-refractivity contribution < 1.29 is 14.3 Å². The lowest BCUT2D eigenvalue weighted by Crippen LogP contribution is -2.36. The number of hydrogen-bond donors (Lipinski definition) is 1. The first-order chi connectivity index (χ1) is 15.9. The van der Waals surface area contributed by atoms with E-state index in [9.17, 15) is 9.59 Å². The average Bonchev–Trinajstić information content (AvgIpc) is 3.13. The fourth-order valence-electron chi connectivity index (χ4n) is 3.65. The van der Waals surface area contributed by atoms with Crippen LogP contribution in [0.3, 0.4) is 0 Å². The monoisotopic (exact) mass is 453 g/mol. The summed E-state index contributed by atoms with van der Waals surface area (Å²) in [6.07, 6.45) is 2.16. The highest BCUT2D eigenvalue weighted by molar-refractivity contribution is 5.75. The number of carbonyl (C=O) groups excluding carboxylic acids is 1. The lowest BCUT2D eigenvalue weighted by Gasteiger charge is -2.14. The second-order valence-corrected chi connectivity index (χ2v) is 7.85. The highest BCUT2D eigenvalue weighted by Crippen LogP contribution is 2.27. The third-order valence-electron chi connectivity index (χ3n) is 5.23. The van der Waals surface area contributed by atoms with E-state index in [2.05, 4.69) is 15.4 Å². The zero-order chi connectivity index (χ0) is 24.0. The van der Waals surface area contributed by atoms with Crippen LogP contribution in [-0.2, 0) is 24.2 Å². The molecule has 0 aliphatic rings. The number of amides is 1. The predicted octanol–water partition coefficient (Wildman–Crippen LogP) is 2.37. The van der Waals surface area contributed by atoms with Gasteiger partial charge >= 0.3 is 0 Å². The average molecular weight is 454 g/mol. The van der Waals surface area contributed by atoms with Crippen molar-refractivity contribution in [2.75, 3.05) is 20.8 Å². The molecule has 0 atom stereocenters. The van der Waals surface area contributed by atoms with Crippen LogP contribution >= 0.6 is 0 Å². The van der Waals surface area contributed by atoms with Crippen molar-refractivity contribution in [3.63, 3.8) is 0 Å². The molecular formula is C24H31N5O4. The molecule has 0 aliphatic carbocycles. The number of nitrogens with one attached hydrogen (secondary N) is 1. The summed E-state index contributed by atoms with van der Waals surface area (Å²) in [5.74, 6) is 1.37. The summed E-state index contributed by atoms with van der Waals surface area (Å²) in [5.41, 5.74) is 3.07. The maximum atomic E-state index is 12.9. The van der Waals surface area contributed by atoms with E-state index in [-0.39, 0.29) is 18.0 Å². The van der Waals surface area contributed by atoms with Gasteiger partial charge < -0.3 is 14.8 Å². The number of aryl methyl sites for hydroxylation is 3. The van der Waals surface area contributed by atoms with E-state index in [0.717, 1.165) is 23.4 Å². The fourth-order valence-corrected chi connectivity index (χ4v) is 3.65. The summed E-state index contributed by atoms with van der Waals surface area (Å²) in [5, 5.41) is 7.35. The number of carbonyl (C=O) groups is 1. The van der Waals surface area contributed by atoms with Gasteiger partial charge in [0.05, 0.1) is 19.9 Å². The van der Waals surface area contributed by atoms with E-state index in [0.29, 0.717) is 42.5 Å². The first-order valence-corrected chi connectivity index (χ1v) is 11.0. The van der Waals surface area contributed by atoms with E-state index in [1.807, 2.05) is 45.0 Å². The zero-order valence-corrected chi connectivity index (χ0v) is 19.8. The molecule has 1 aromatic carbocycles. The van der Waals surface area contributed by atoms with Gasteiger partial charge in [-0.2, -0.15) is 5.10 Å². The number of rotatable bonds is 10. The molecule has 0 radical (unpaired) electrons. The summed E-state index contributed by atoms with van der Waals surface area (Å²) >= 11 is 0. The Hall–Kier alpha value is -3.62. The van der Waals surface area contributed by atoms with E-state index in [1.54, 1.807) is 18.9 Å². The molecular weight excluding hydrogens is 422 g/mol. The number of benzene rings is 1. The van der Waals surface area contributed by atoms with Gasteiger partial charge in [0.25, 0.3) is 5.56 Å². The van der Waals surface area contributed by atoms with Crippen LogP contribution in [0.1, 0.15) is 36.0 Å². The minimum Gasteiger partial charge on any atom is -0.493 e. The van der Waals surface area contributed by atoms with Crippen molar-refractivity contribution in [1.29, 1.82) is 0 Å². The molecule has 0 bridgehead atoms. The summed E-state index contributed by atoms with van der Waals surface area (Å²) in [4.78, 5) is 30.2. The zero-order valence-electron chi connectivity index (χ0n) is 19.8. The smallest absolute Gasteiger partial charge is 0.255 e. The van der Waals surface area contributed by atoms with Gasteiger partial charge in [0.15, 0.2) is 11.5 Å². The van der Waals surface area contributed by atoms with Gasteiger partial charge in [-0.25, -0.2) is 9.67 Å². The van der Waals surface area contributed by atoms with Crippen LogP contribution < -0.4 is 20.3 Å². The van der Waals surface area contributed by atoms with E-state index in [4.69, 9.17) is 9.47 Å². The molecule has 2 heterocycles. The third-order valence-corrected chi connectivity index (χ3v) is 5.23. The predicted molar refractivity (Wildman–Crippen MR) is 125 cm³/mol. The van der Waals surface area contributed by atoms with Crippen LogP contribution in [-0.4, -0.2) is 46.0 Å². The number of hydrogen-bond acceptors (Lipinski definition) is 6. The Kier molecular flexibility index (Phi) is 7.87. The Bertz CT molecular complexity index is 1180. The summed E-state index contributed by atoms with van der Waals surface area (Å²) in [6.45, 7) is 6.08. The standard InChI is InChI=1S/C24H31N5O4/c1-6-7-19-14-23(31)28(24(26-19)29-17(3)12-16(2)27-29)15-22(30)25-11-10-18-8-9-20(32-4)21(13-18)33-5/h8-9,12-14H,6-7,10-11,15H2,1-5H3,(H,25,30). The highest BCUT2D eigenvalue weighted by atomic mass is 16.5. The van der Waals surface area contributed by atoms with Gasteiger partial charge in [-0.15, -0.1) is 0 Å². The minimum absolute atomic E-state index is 0.141. The quantitative estimate of drug-likeness (QED) is 0.506. The van der Waals surface area contributed by atoms with Crippen molar-refractivity contribution in [1.82, 2.24) is 24.6 Å². The highest BCUT2D eigenvalue weighted by Gasteiger charge is 2.16. The van der Waals surface area contributed by atoms with E-state index in [1.165, 1.54) is 10.6 Å². The van der Waals surface area contributed by atoms with Crippen LogP contribution in [0, 0.1) is 13.8 Å². The van der Waals surface area contributed by atoms with Gasteiger partial charge in [-0.3, -0.25) is 14.2 Å². The molecule has 1 amide bonds. The second-order valence-electron chi connectivity index (χ2n) is 7.85. The van der Waals surface area contributed by atoms with Crippen LogP contribution in [0.25, 0.3) is 5.95 Å². The van der Waals surface area contributed by atoms with Crippen molar-refractivity contribution in [2.24, 2.45) is 0 Å². The Morgan fingerprint density at radius 3 is 2.45 bits per heavy atom. The van der Waals surface area contributed by atoms with Gasteiger partial charge in [-0.1, -0.05) is 19.4 Å². The number of methoxy groups -OCH3 is 2. The van der Waals surface area contributed by atoms with Gasteiger partial charge in [0.2, 0.25) is 11.9 Å². The Balaban J connectivity index is 1.75. The van der Waals surface area contributed by atoms with Crippen LogP contribution in [0.2, 0.25) is 0 Å². The first kappa shape index (κ1) is 24.0. The topological polar surface area (TPSA) is 100 Å². The van der Waals surface area contributed by atoms with Gasteiger partial charge in [0, 0.05) is 24.0 Å². The largest absolute Gasteiger partial charge is 0.493 e. The van der Waals surface area contributed by atoms with Crippen LogP contribution in [0.15, 0.2) is 35.1 Å². The fraction of sp³-hybridized carbons (Fsp3) is 0.417. The molecule has 0 fully saturated rings. The van der Waals surface area contributed by atoms with Crippen molar-refractivity contribution in [3.8, 4) is 17.4 Å². The third kappa shape index (κ3) is 5.79. The Labute approximate surface area is 193 Å². The van der Waals surface area contributed by atoms with E-state index < -0.39 is 0 Å². The lowest BCUT2D eigenvalue weighted by molar-refractivity contribution is -0.121. The molecule has 9 nitrogen and oxygen atoms in total. The molecule has 3 rings (SSSR count). The number of nitrogens with zero attached hydrogens (tertiary/aromatic N) is 4. The maximum Gasteiger partial charge on any atom is 0.255 e. The molecule has 0 saturated carbocycles. The number of ether oxygens (including phenoxy) is 2. The molecule has 0 spiro atoms. The molecule has 0 saturated heterocycles. The Morgan fingerprint density at radius 2 is 1.82 bits per heavy atom. The molecule has 9 heteroatoms. The minimum atomic E-state index is -0.273. The Morgan fingerprint density at radius 1 is 1.06 bits per heavy atom. The van der Waals surface area contributed by atoms with E-state index >= 15 is 0 Å². The van der Waals surface area contributed by atoms with Gasteiger partial charge in [-0.05, 0) is 50.5 Å². The summed E-state index contributed by atoms with van der Waals surface area (Å²) < 4.78 is 13.6. The molecule has 0 aliphatic heterocycles. The molecule has 33 heavy (non-hydrogen) atoms. The molecule has 0 unspecified atom stereocenters. The summed E-state index contributed by atoms with van der Waals surface area (Å²) in [6, 6.07) is 9.05. The van der Waals surface area contributed by atoms with Crippen molar-refractivity contribution in [3.05, 3.63) is 63.3 Å². The number of aromatic nitrogens is 4. The first-order valence-electron chi connectivity index (χ1n) is 11.0. The van der Waals surface area contributed by atoms with Crippen molar-refractivity contribution in [2.45, 2.75) is 46.6 Å².